The number of rotatable bonds is 3. The molecular formula is C3H6NO4S-. The van der Waals surface area contributed by atoms with Crippen molar-refractivity contribution in [3.63, 3.8) is 0 Å². The first-order valence-electron chi connectivity index (χ1n) is 2.06. The van der Waals surface area contributed by atoms with Crippen LogP contribution in [0.4, 0.5) is 0 Å². The summed E-state index contributed by atoms with van der Waals surface area (Å²) >= 11 is -2.39. The van der Waals surface area contributed by atoms with Crippen molar-refractivity contribution < 1.29 is 18.3 Å². The van der Waals surface area contributed by atoms with Gasteiger partial charge in [0.25, 0.3) is 0 Å². The zero-order valence-electron chi connectivity index (χ0n) is 4.75. The van der Waals surface area contributed by atoms with E-state index < -0.39 is 17.2 Å². The van der Waals surface area contributed by atoms with Crippen LogP contribution in [0.2, 0.25) is 0 Å². The Bertz CT molecular complexity index is 125. The number of esters is 1. The predicted molar refractivity (Wildman–Crippen MR) is 28.9 cm³/mol. The van der Waals surface area contributed by atoms with Crippen LogP contribution in [-0.2, 0) is 20.8 Å². The number of nitrogens with one attached hydrogen (secondary N) is 1. The first-order valence-corrected chi connectivity index (χ1v) is 3.14. The van der Waals surface area contributed by atoms with Gasteiger partial charge in [-0.15, -0.1) is 0 Å². The van der Waals surface area contributed by atoms with Gasteiger partial charge in [-0.25, -0.2) is 4.72 Å². The van der Waals surface area contributed by atoms with Crippen molar-refractivity contribution in [3.05, 3.63) is 0 Å². The van der Waals surface area contributed by atoms with Crippen molar-refractivity contribution in [2.45, 2.75) is 0 Å². The summed E-state index contributed by atoms with van der Waals surface area (Å²) in [7, 11) is 1.18. The normalized spacial score (nSPS) is 12.7. The van der Waals surface area contributed by atoms with E-state index in [0.29, 0.717) is 0 Å². The molecule has 0 fully saturated rings. The van der Waals surface area contributed by atoms with Gasteiger partial charge in [0.1, 0.15) is 6.54 Å². The molecule has 9 heavy (non-hydrogen) atoms. The molecule has 0 amide bonds. The summed E-state index contributed by atoms with van der Waals surface area (Å²) in [5, 5.41) is 0. The number of carbonyl (C=O) groups is 1. The molecule has 6 heteroatoms. The largest absolute Gasteiger partial charge is 0.760 e. The molecule has 0 radical (unpaired) electrons. The fourth-order valence-corrected chi connectivity index (χ4v) is 0.426. The van der Waals surface area contributed by atoms with Gasteiger partial charge in [0.15, 0.2) is 0 Å². The molecule has 0 saturated carbocycles. The van der Waals surface area contributed by atoms with Crippen LogP contribution in [0.3, 0.4) is 0 Å². The molecule has 0 aliphatic rings. The van der Waals surface area contributed by atoms with Gasteiger partial charge >= 0.3 is 5.97 Å². The summed E-state index contributed by atoms with van der Waals surface area (Å²) in [5.74, 6) is -0.612. The van der Waals surface area contributed by atoms with Crippen LogP contribution >= 0.6 is 0 Å². The average molecular weight is 152 g/mol. The summed E-state index contributed by atoms with van der Waals surface area (Å²) in [6.45, 7) is -0.313. The van der Waals surface area contributed by atoms with E-state index in [1.807, 2.05) is 4.72 Å². The number of ether oxygens (including phenoxy) is 1. The first kappa shape index (κ1) is 8.54. The molecule has 54 valence electrons. The third-order valence-corrected chi connectivity index (χ3v) is 0.942. The van der Waals surface area contributed by atoms with Crippen LogP contribution in [0, 0.1) is 0 Å². The smallest absolute Gasteiger partial charge is 0.320 e. The van der Waals surface area contributed by atoms with Gasteiger partial charge in [0, 0.05) is 11.3 Å². The molecule has 0 aromatic carbocycles. The van der Waals surface area contributed by atoms with Crippen LogP contribution in [0.1, 0.15) is 0 Å². The Hall–Kier alpha value is -0.460. The summed E-state index contributed by atoms with van der Waals surface area (Å²) in [6.07, 6.45) is 0. The van der Waals surface area contributed by atoms with E-state index in [9.17, 15) is 13.6 Å². The minimum absolute atomic E-state index is 0.313. The van der Waals surface area contributed by atoms with Crippen LogP contribution in [0.5, 0.6) is 0 Å². The second-order valence-corrected chi connectivity index (χ2v) is 1.89. The average Bonchev–Trinajstić information content (AvgIpc) is 1.83. The molecule has 0 aromatic rings. The predicted octanol–water partition coefficient (Wildman–Crippen LogP) is -1.46. The second-order valence-electron chi connectivity index (χ2n) is 1.13. The third-order valence-electron chi connectivity index (χ3n) is 0.562. The second kappa shape index (κ2) is 4.42. The van der Waals surface area contributed by atoms with E-state index in [2.05, 4.69) is 4.74 Å². The maximum atomic E-state index is 10.2. The van der Waals surface area contributed by atoms with Crippen molar-refractivity contribution >= 4 is 17.2 Å². The lowest BCUT2D eigenvalue weighted by atomic mass is 10.7. The fourth-order valence-electron chi connectivity index (χ4n) is 0.190. The Morgan fingerprint density at radius 1 is 1.89 bits per heavy atom. The van der Waals surface area contributed by atoms with Gasteiger partial charge in [0.2, 0.25) is 0 Å². The molecule has 0 saturated heterocycles. The van der Waals surface area contributed by atoms with Crippen molar-refractivity contribution in [2.75, 3.05) is 13.7 Å². The van der Waals surface area contributed by atoms with E-state index in [0.717, 1.165) is 0 Å². The monoisotopic (exact) mass is 152 g/mol. The Kier molecular flexibility index (Phi) is 4.20. The van der Waals surface area contributed by atoms with Gasteiger partial charge in [-0.1, -0.05) is 0 Å². The highest BCUT2D eigenvalue weighted by Gasteiger charge is 1.95. The van der Waals surface area contributed by atoms with Gasteiger partial charge in [-0.2, -0.15) is 0 Å². The number of hydrogen-bond acceptors (Lipinski definition) is 4. The maximum Gasteiger partial charge on any atom is 0.320 e. The lowest BCUT2D eigenvalue weighted by Crippen LogP contribution is -2.25. The van der Waals surface area contributed by atoms with Crippen molar-refractivity contribution in [2.24, 2.45) is 0 Å². The highest BCUT2D eigenvalue weighted by atomic mass is 32.2. The Balaban J connectivity index is 3.28. The Morgan fingerprint density at radius 3 is 2.78 bits per heavy atom. The van der Waals surface area contributed by atoms with Crippen LogP contribution in [0.15, 0.2) is 0 Å². The summed E-state index contributed by atoms with van der Waals surface area (Å²) < 4.78 is 25.4. The maximum absolute atomic E-state index is 10.2. The Labute approximate surface area is 54.8 Å². The topological polar surface area (TPSA) is 78.5 Å². The molecule has 0 bridgehead atoms. The highest BCUT2D eigenvalue weighted by Crippen LogP contribution is 1.69. The van der Waals surface area contributed by atoms with E-state index >= 15 is 0 Å². The quantitative estimate of drug-likeness (QED) is 0.396. The number of hydrogen-bond donors (Lipinski definition) is 1. The van der Waals surface area contributed by atoms with Crippen molar-refractivity contribution in [3.8, 4) is 0 Å². The minimum Gasteiger partial charge on any atom is -0.760 e. The molecule has 0 aliphatic heterocycles. The zero-order chi connectivity index (χ0) is 7.28. The van der Waals surface area contributed by atoms with E-state index in [4.69, 9.17) is 0 Å². The van der Waals surface area contributed by atoms with Crippen molar-refractivity contribution in [1.82, 2.24) is 4.72 Å². The lowest BCUT2D eigenvalue weighted by molar-refractivity contribution is -0.139. The molecule has 0 rings (SSSR count). The Morgan fingerprint density at radius 2 is 2.44 bits per heavy atom. The molecule has 0 aromatic heterocycles. The number of methoxy groups -OCH3 is 1. The molecule has 1 unspecified atom stereocenters. The van der Waals surface area contributed by atoms with Gasteiger partial charge in [0.05, 0.1) is 7.11 Å². The van der Waals surface area contributed by atoms with Crippen LogP contribution in [0.25, 0.3) is 0 Å². The summed E-state index contributed by atoms with van der Waals surface area (Å²) in [4.78, 5) is 10.2. The molecule has 5 nitrogen and oxygen atoms in total. The molecular weight excluding hydrogens is 146 g/mol. The lowest BCUT2D eigenvalue weighted by Gasteiger charge is -2.03. The first-order chi connectivity index (χ1) is 4.16. The molecule has 0 aliphatic carbocycles. The number of carbonyl (C=O) groups excluding carboxylic acids is 1. The highest BCUT2D eigenvalue weighted by molar-refractivity contribution is 7.77. The van der Waals surface area contributed by atoms with E-state index in [-0.39, 0.29) is 6.54 Å². The van der Waals surface area contributed by atoms with Crippen molar-refractivity contribution in [1.29, 1.82) is 0 Å². The van der Waals surface area contributed by atoms with Crippen LogP contribution < -0.4 is 4.72 Å². The SMILES string of the molecule is COC(=O)CNS(=O)[O-]. The van der Waals surface area contributed by atoms with Gasteiger partial charge in [-0.05, 0) is 0 Å². The van der Waals surface area contributed by atoms with Gasteiger partial charge < -0.3 is 9.29 Å². The minimum atomic E-state index is -2.39. The molecule has 1 N–H and O–H groups in total. The van der Waals surface area contributed by atoms with E-state index in [1.54, 1.807) is 0 Å². The van der Waals surface area contributed by atoms with Crippen LogP contribution in [-0.4, -0.2) is 28.4 Å². The molecule has 0 heterocycles. The third kappa shape index (κ3) is 5.41. The fraction of sp³-hybridized carbons (Fsp3) is 0.667. The summed E-state index contributed by atoms with van der Waals surface area (Å²) in [5.41, 5.74) is 0. The summed E-state index contributed by atoms with van der Waals surface area (Å²) in [6, 6.07) is 0. The standard InChI is InChI=1S/C3H7NO4S/c1-8-3(5)2-4-9(6)7/h4H,2H2,1H3,(H,6,7)/p-1. The van der Waals surface area contributed by atoms with Gasteiger partial charge in [-0.3, -0.25) is 9.00 Å². The van der Waals surface area contributed by atoms with E-state index in [1.165, 1.54) is 7.11 Å². The zero-order valence-corrected chi connectivity index (χ0v) is 5.56. The molecule has 1 atom stereocenters. The molecule has 0 spiro atoms.